The smallest absolute Gasteiger partial charge is 0.193 e. The van der Waals surface area contributed by atoms with E-state index in [4.69, 9.17) is 14.2 Å². The van der Waals surface area contributed by atoms with Crippen molar-refractivity contribution >= 4 is 5.96 Å². The third-order valence-electron chi connectivity index (χ3n) is 4.40. The number of nitrogens with one attached hydrogen (secondary N) is 1. The molecule has 0 spiro atoms. The molecule has 28 heavy (non-hydrogen) atoms. The molecule has 0 radical (unpaired) electrons. The number of aliphatic imine (C=N–C) groups is 1. The minimum atomic E-state index is 0.575. The van der Waals surface area contributed by atoms with Crippen LogP contribution in [0.5, 0.6) is 17.2 Å². The quantitative estimate of drug-likeness (QED) is 0.408. The normalized spacial score (nSPS) is 11.1. The van der Waals surface area contributed by atoms with Crippen molar-refractivity contribution in [1.82, 2.24) is 10.2 Å². The van der Waals surface area contributed by atoms with Crippen molar-refractivity contribution in [2.75, 3.05) is 48.0 Å². The Hall–Kier alpha value is -2.89. The number of nitrogens with zero attached hydrogens (tertiary/aromatic N) is 2. The van der Waals surface area contributed by atoms with Crippen LogP contribution in [0.3, 0.4) is 0 Å². The van der Waals surface area contributed by atoms with Gasteiger partial charge in [0.25, 0.3) is 0 Å². The molecular weight excluding hydrogens is 354 g/mol. The summed E-state index contributed by atoms with van der Waals surface area (Å²) in [5, 5.41) is 3.34. The maximum absolute atomic E-state index is 5.78. The van der Waals surface area contributed by atoms with E-state index in [1.165, 1.54) is 11.1 Å². The second-order valence-corrected chi connectivity index (χ2v) is 6.50. The lowest BCUT2D eigenvalue weighted by atomic mass is 10.1. The van der Waals surface area contributed by atoms with Crippen molar-refractivity contribution in [3.63, 3.8) is 0 Å². The topological polar surface area (TPSA) is 55.3 Å². The van der Waals surface area contributed by atoms with Crippen molar-refractivity contribution in [3.05, 3.63) is 53.6 Å². The summed E-state index contributed by atoms with van der Waals surface area (Å²) in [6.45, 7) is 4.14. The molecule has 2 aromatic carbocycles. The molecule has 0 saturated heterocycles. The minimum absolute atomic E-state index is 0.575. The van der Waals surface area contributed by atoms with Crippen molar-refractivity contribution in [3.8, 4) is 17.2 Å². The molecule has 152 valence electrons. The fraction of sp³-hybridized carbons (Fsp3) is 0.409. The Balaban J connectivity index is 1.79. The second kappa shape index (κ2) is 11.1. The number of likely N-dealkylation sites (N-methyl/N-ethyl adjacent to an activating group) is 1. The predicted molar refractivity (Wildman–Crippen MR) is 114 cm³/mol. The van der Waals surface area contributed by atoms with Crippen LogP contribution in [0, 0.1) is 6.92 Å². The molecular formula is C22H31N3O3. The summed E-state index contributed by atoms with van der Waals surface area (Å²) < 4.78 is 16.4. The van der Waals surface area contributed by atoms with Gasteiger partial charge >= 0.3 is 0 Å². The van der Waals surface area contributed by atoms with Crippen LogP contribution in [0.4, 0.5) is 0 Å². The van der Waals surface area contributed by atoms with Crippen LogP contribution >= 0.6 is 0 Å². The lowest BCUT2D eigenvalue weighted by Gasteiger charge is -2.22. The van der Waals surface area contributed by atoms with Crippen molar-refractivity contribution in [2.24, 2.45) is 4.99 Å². The van der Waals surface area contributed by atoms with E-state index in [9.17, 15) is 0 Å². The third kappa shape index (κ3) is 6.37. The number of guanidine groups is 1. The predicted octanol–water partition coefficient (Wildman–Crippen LogP) is 3.14. The Morgan fingerprint density at radius 3 is 2.54 bits per heavy atom. The molecule has 6 heteroatoms. The highest BCUT2D eigenvalue weighted by molar-refractivity contribution is 5.79. The van der Waals surface area contributed by atoms with E-state index in [1.54, 1.807) is 21.3 Å². The lowest BCUT2D eigenvalue weighted by molar-refractivity contribution is 0.319. The van der Waals surface area contributed by atoms with Gasteiger partial charge < -0.3 is 24.4 Å². The molecule has 0 saturated carbocycles. The van der Waals surface area contributed by atoms with Gasteiger partial charge in [-0.05, 0) is 48.7 Å². The molecule has 0 aromatic heterocycles. The number of aryl methyl sites for hydroxylation is 1. The summed E-state index contributed by atoms with van der Waals surface area (Å²) in [6, 6.07) is 14.1. The van der Waals surface area contributed by atoms with Gasteiger partial charge in [0.1, 0.15) is 12.4 Å². The molecule has 0 amide bonds. The van der Waals surface area contributed by atoms with E-state index in [0.717, 1.165) is 36.2 Å². The number of rotatable bonds is 9. The first-order valence-corrected chi connectivity index (χ1v) is 9.39. The van der Waals surface area contributed by atoms with Crippen LogP contribution in [0.2, 0.25) is 0 Å². The van der Waals surface area contributed by atoms with Gasteiger partial charge in [0, 0.05) is 20.6 Å². The molecule has 0 aliphatic rings. The zero-order chi connectivity index (χ0) is 20.4. The zero-order valence-corrected chi connectivity index (χ0v) is 17.5. The Morgan fingerprint density at radius 1 is 1.07 bits per heavy atom. The second-order valence-electron chi connectivity index (χ2n) is 6.50. The van der Waals surface area contributed by atoms with Crippen LogP contribution < -0.4 is 19.5 Å². The van der Waals surface area contributed by atoms with Gasteiger partial charge in [-0.1, -0.05) is 18.2 Å². The molecule has 0 atom stereocenters. The number of hydrogen-bond donors (Lipinski definition) is 1. The molecule has 0 aliphatic carbocycles. The third-order valence-corrected chi connectivity index (χ3v) is 4.40. The van der Waals surface area contributed by atoms with Crippen molar-refractivity contribution in [2.45, 2.75) is 13.3 Å². The summed E-state index contributed by atoms with van der Waals surface area (Å²) in [5.74, 6) is 3.22. The van der Waals surface area contributed by atoms with Gasteiger partial charge in [0.2, 0.25) is 0 Å². The number of hydrogen-bond acceptors (Lipinski definition) is 4. The summed E-state index contributed by atoms with van der Waals surface area (Å²) in [7, 11) is 7.11. The maximum atomic E-state index is 5.78. The van der Waals surface area contributed by atoms with E-state index < -0.39 is 0 Å². The highest BCUT2D eigenvalue weighted by Gasteiger charge is 2.08. The van der Waals surface area contributed by atoms with Crippen molar-refractivity contribution in [1.29, 1.82) is 0 Å². The Kier molecular flexibility index (Phi) is 8.46. The molecule has 0 aliphatic heterocycles. The fourth-order valence-corrected chi connectivity index (χ4v) is 2.86. The number of benzene rings is 2. The molecule has 1 N–H and O–H groups in total. The first kappa shape index (κ1) is 21.4. The molecule has 6 nitrogen and oxygen atoms in total. The molecule has 0 bridgehead atoms. The molecule has 2 aromatic rings. The van der Waals surface area contributed by atoms with Gasteiger partial charge in [-0.3, -0.25) is 4.99 Å². The fourth-order valence-electron chi connectivity index (χ4n) is 2.86. The zero-order valence-electron chi connectivity index (χ0n) is 17.5. The average molecular weight is 386 g/mol. The van der Waals surface area contributed by atoms with E-state index in [0.29, 0.717) is 13.2 Å². The first-order chi connectivity index (χ1) is 13.6. The van der Waals surface area contributed by atoms with Gasteiger partial charge in [0.05, 0.1) is 20.8 Å². The summed E-state index contributed by atoms with van der Waals surface area (Å²) in [4.78, 5) is 6.45. The van der Waals surface area contributed by atoms with Crippen LogP contribution in [-0.2, 0) is 6.42 Å². The van der Waals surface area contributed by atoms with Crippen molar-refractivity contribution < 1.29 is 14.2 Å². The van der Waals surface area contributed by atoms with Gasteiger partial charge in [0.15, 0.2) is 17.5 Å². The summed E-state index contributed by atoms with van der Waals surface area (Å²) >= 11 is 0. The molecule has 0 unspecified atom stereocenters. The van der Waals surface area contributed by atoms with Gasteiger partial charge in [-0.25, -0.2) is 0 Å². The molecule has 0 fully saturated rings. The van der Waals surface area contributed by atoms with Gasteiger partial charge in [-0.15, -0.1) is 0 Å². The number of ether oxygens (including phenoxy) is 3. The largest absolute Gasteiger partial charge is 0.493 e. The van der Waals surface area contributed by atoms with Crippen LogP contribution in [0.1, 0.15) is 11.1 Å². The van der Waals surface area contributed by atoms with Crippen LogP contribution in [0.15, 0.2) is 47.5 Å². The lowest BCUT2D eigenvalue weighted by Crippen LogP contribution is -2.41. The first-order valence-electron chi connectivity index (χ1n) is 9.39. The van der Waals surface area contributed by atoms with Gasteiger partial charge in [-0.2, -0.15) is 0 Å². The minimum Gasteiger partial charge on any atom is -0.493 e. The number of methoxy groups -OCH3 is 2. The van der Waals surface area contributed by atoms with E-state index >= 15 is 0 Å². The summed E-state index contributed by atoms with van der Waals surface area (Å²) in [6.07, 6.45) is 0.872. The molecule has 0 heterocycles. The van der Waals surface area contributed by atoms with Crippen LogP contribution in [0.25, 0.3) is 0 Å². The monoisotopic (exact) mass is 385 g/mol. The van der Waals surface area contributed by atoms with E-state index in [1.807, 2.05) is 37.4 Å². The average Bonchev–Trinajstić information content (AvgIpc) is 2.71. The Bertz CT molecular complexity index is 777. The van der Waals surface area contributed by atoms with E-state index in [2.05, 4.69) is 34.3 Å². The highest BCUT2D eigenvalue weighted by Crippen LogP contribution is 2.27. The van der Waals surface area contributed by atoms with E-state index in [-0.39, 0.29) is 0 Å². The summed E-state index contributed by atoms with van der Waals surface area (Å²) in [5.41, 5.74) is 2.37. The maximum Gasteiger partial charge on any atom is 0.193 e. The standard InChI is InChI=1S/C22H31N3O3/c1-17-7-6-8-19(15-17)28-14-12-24-22(23-2)25(3)13-11-18-9-10-20(26-4)21(16-18)27-5/h6-10,15-16H,11-14H2,1-5H3,(H,23,24). The Labute approximate surface area is 168 Å². The van der Waals surface area contributed by atoms with Crippen LogP contribution in [-0.4, -0.2) is 58.9 Å². The SMILES string of the molecule is CN=C(NCCOc1cccc(C)c1)N(C)CCc1ccc(OC)c(OC)c1. The molecule has 2 rings (SSSR count). The Morgan fingerprint density at radius 2 is 1.86 bits per heavy atom. The highest BCUT2D eigenvalue weighted by atomic mass is 16.5.